The van der Waals surface area contributed by atoms with Gasteiger partial charge in [0.15, 0.2) is 6.10 Å². The van der Waals surface area contributed by atoms with E-state index in [1.54, 1.807) is 0 Å². The van der Waals surface area contributed by atoms with Crippen molar-refractivity contribution in [3.05, 3.63) is 38.9 Å². The first kappa shape index (κ1) is 17.9. The molecule has 0 N–H and O–H groups in total. The van der Waals surface area contributed by atoms with Gasteiger partial charge in [-0.1, -0.05) is 24.9 Å². The highest BCUT2D eigenvalue weighted by Gasteiger charge is 2.22. The second-order valence-corrected chi connectivity index (χ2v) is 4.90. The second kappa shape index (κ2) is 8.33. The molecule has 0 aromatic heterocycles. The summed E-state index contributed by atoms with van der Waals surface area (Å²) >= 11 is 5.81. The van der Waals surface area contributed by atoms with Gasteiger partial charge in [-0.15, -0.1) is 0 Å². The molecule has 1 rings (SSSR count). The number of hydrogen-bond donors (Lipinski definition) is 0. The third-order valence-corrected chi connectivity index (χ3v) is 3.05. The fourth-order valence-electron chi connectivity index (χ4n) is 1.49. The first-order valence-corrected chi connectivity index (χ1v) is 7.06. The maximum atomic E-state index is 11.9. The van der Waals surface area contributed by atoms with Crippen LogP contribution in [0.1, 0.15) is 37.0 Å². The van der Waals surface area contributed by atoms with Crippen molar-refractivity contribution < 1.29 is 24.0 Å². The number of halogens is 1. The van der Waals surface area contributed by atoms with Gasteiger partial charge >= 0.3 is 11.9 Å². The van der Waals surface area contributed by atoms with Gasteiger partial charge in [0.2, 0.25) is 0 Å². The molecule has 120 valence electrons. The van der Waals surface area contributed by atoms with Crippen molar-refractivity contribution in [3.8, 4) is 0 Å². The molecule has 0 saturated heterocycles. The summed E-state index contributed by atoms with van der Waals surface area (Å²) in [6.45, 7) is 3.59. The first-order chi connectivity index (χ1) is 10.4. The monoisotopic (exact) mass is 329 g/mol. The highest BCUT2D eigenvalue weighted by Crippen LogP contribution is 2.23. The van der Waals surface area contributed by atoms with Gasteiger partial charge in [0, 0.05) is 12.1 Å². The molecule has 1 aromatic rings. The second-order valence-electron chi connectivity index (χ2n) is 4.49. The molecule has 0 heterocycles. The fraction of sp³-hybridized carbons (Fsp3) is 0.429. The van der Waals surface area contributed by atoms with Crippen molar-refractivity contribution in [2.75, 3.05) is 6.61 Å². The Kier molecular flexibility index (Phi) is 6.78. The minimum absolute atomic E-state index is 0.0551. The molecule has 0 aliphatic carbocycles. The van der Waals surface area contributed by atoms with E-state index in [1.165, 1.54) is 13.0 Å². The van der Waals surface area contributed by atoms with Crippen molar-refractivity contribution in [1.29, 1.82) is 0 Å². The van der Waals surface area contributed by atoms with E-state index in [0.29, 0.717) is 0 Å². The molecule has 0 radical (unpaired) electrons. The van der Waals surface area contributed by atoms with Crippen LogP contribution in [0.3, 0.4) is 0 Å². The summed E-state index contributed by atoms with van der Waals surface area (Å²) < 4.78 is 9.87. The largest absolute Gasteiger partial charge is 0.463 e. The van der Waals surface area contributed by atoms with E-state index in [9.17, 15) is 19.7 Å². The highest BCUT2D eigenvalue weighted by atomic mass is 35.5. The van der Waals surface area contributed by atoms with Crippen LogP contribution in [0.25, 0.3) is 0 Å². The highest BCUT2D eigenvalue weighted by molar-refractivity contribution is 6.33. The molecular weight excluding hydrogens is 314 g/mol. The van der Waals surface area contributed by atoms with Gasteiger partial charge < -0.3 is 9.47 Å². The number of nitrogens with zero attached hydrogens (tertiary/aromatic N) is 1. The van der Waals surface area contributed by atoms with Crippen LogP contribution in [0, 0.1) is 10.1 Å². The number of rotatable bonds is 7. The van der Waals surface area contributed by atoms with Crippen LogP contribution in [0.2, 0.25) is 5.02 Å². The van der Waals surface area contributed by atoms with E-state index in [-0.39, 0.29) is 22.9 Å². The average Bonchev–Trinajstić information content (AvgIpc) is 2.46. The van der Waals surface area contributed by atoms with Crippen LogP contribution in [0.15, 0.2) is 18.2 Å². The number of nitro benzene ring substituents is 1. The molecule has 22 heavy (non-hydrogen) atoms. The first-order valence-electron chi connectivity index (χ1n) is 6.68. The van der Waals surface area contributed by atoms with Gasteiger partial charge in [-0.3, -0.25) is 10.1 Å². The van der Waals surface area contributed by atoms with Crippen molar-refractivity contribution in [3.63, 3.8) is 0 Å². The number of carbonyl (C=O) groups is 2. The van der Waals surface area contributed by atoms with Gasteiger partial charge in [-0.05, 0) is 19.4 Å². The lowest BCUT2D eigenvalue weighted by atomic mass is 10.2. The Hall–Kier alpha value is -2.15. The molecule has 1 unspecified atom stereocenters. The average molecular weight is 330 g/mol. The molecular formula is C14H16ClNO6. The van der Waals surface area contributed by atoms with E-state index in [1.807, 2.05) is 6.92 Å². The van der Waals surface area contributed by atoms with Crippen LogP contribution in [-0.4, -0.2) is 29.6 Å². The van der Waals surface area contributed by atoms with Gasteiger partial charge in [-0.25, -0.2) is 9.59 Å². The van der Waals surface area contributed by atoms with Crippen molar-refractivity contribution in [2.24, 2.45) is 0 Å². The van der Waals surface area contributed by atoms with Gasteiger partial charge in [-0.2, -0.15) is 0 Å². The van der Waals surface area contributed by atoms with E-state index in [4.69, 9.17) is 21.1 Å². The Morgan fingerprint density at radius 2 is 2.09 bits per heavy atom. The molecule has 0 aliphatic rings. The third kappa shape index (κ3) is 5.00. The Bertz CT molecular complexity index is 574. The summed E-state index contributed by atoms with van der Waals surface area (Å²) in [4.78, 5) is 33.5. The number of carbonyl (C=O) groups excluding carboxylic acids is 2. The van der Waals surface area contributed by atoms with Crippen molar-refractivity contribution in [1.82, 2.24) is 0 Å². The number of unbranched alkanes of at least 4 members (excludes halogenated alkanes) is 1. The molecule has 0 fully saturated rings. The van der Waals surface area contributed by atoms with Crippen LogP contribution in [0.4, 0.5) is 5.69 Å². The van der Waals surface area contributed by atoms with Crippen LogP contribution in [-0.2, 0) is 14.3 Å². The minimum atomic E-state index is -1.09. The standard InChI is InChI=1S/C14H16ClNO6/c1-3-4-7-21-13(17)9(2)22-14(18)11-6-5-10(16(19)20)8-12(11)15/h5-6,8-9H,3-4,7H2,1-2H3. The molecule has 1 aromatic carbocycles. The lowest BCUT2D eigenvalue weighted by Gasteiger charge is -2.13. The predicted molar refractivity (Wildman–Crippen MR) is 78.9 cm³/mol. The Labute approximate surface area is 132 Å². The SMILES string of the molecule is CCCCOC(=O)C(C)OC(=O)c1ccc([N+](=O)[O-])cc1Cl. The van der Waals surface area contributed by atoms with Gasteiger partial charge in [0.25, 0.3) is 5.69 Å². The molecule has 0 bridgehead atoms. The summed E-state index contributed by atoms with van der Waals surface area (Å²) in [6, 6.07) is 3.35. The maximum absolute atomic E-state index is 11.9. The molecule has 7 nitrogen and oxygen atoms in total. The van der Waals surface area contributed by atoms with E-state index < -0.39 is 23.0 Å². The normalized spacial score (nSPS) is 11.6. The number of benzene rings is 1. The van der Waals surface area contributed by atoms with Crippen molar-refractivity contribution in [2.45, 2.75) is 32.8 Å². The number of non-ortho nitro benzene ring substituents is 1. The predicted octanol–water partition coefficient (Wildman–Crippen LogP) is 3.14. The van der Waals surface area contributed by atoms with Crippen LogP contribution >= 0.6 is 11.6 Å². The molecule has 0 amide bonds. The van der Waals surface area contributed by atoms with Crippen molar-refractivity contribution >= 4 is 29.2 Å². The smallest absolute Gasteiger partial charge is 0.347 e. The number of hydrogen-bond acceptors (Lipinski definition) is 6. The number of ether oxygens (including phenoxy) is 2. The summed E-state index contributed by atoms with van der Waals surface area (Å²) in [5.41, 5.74) is -0.297. The number of nitro groups is 1. The van der Waals surface area contributed by atoms with E-state index >= 15 is 0 Å². The Morgan fingerprint density at radius 1 is 1.41 bits per heavy atom. The minimum Gasteiger partial charge on any atom is -0.463 e. The van der Waals surface area contributed by atoms with E-state index in [0.717, 1.165) is 25.0 Å². The lowest BCUT2D eigenvalue weighted by Crippen LogP contribution is -2.26. The third-order valence-electron chi connectivity index (χ3n) is 2.74. The summed E-state index contributed by atoms with van der Waals surface area (Å²) in [7, 11) is 0. The summed E-state index contributed by atoms with van der Waals surface area (Å²) in [5, 5.41) is 10.5. The zero-order valence-electron chi connectivity index (χ0n) is 12.2. The Morgan fingerprint density at radius 3 is 2.64 bits per heavy atom. The summed E-state index contributed by atoms with van der Waals surface area (Å²) in [6.07, 6.45) is 0.510. The topological polar surface area (TPSA) is 95.7 Å². The van der Waals surface area contributed by atoms with Crippen LogP contribution < -0.4 is 0 Å². The molecule has 0 saturated carbocycles. The molecule has 8 heteroatoms. The number of esters is 2. The summed E-state index contributed by atoms with van der Waals surface area (Å²) in [5.74, 6) is -1.50. The zero-order valence-corrected chi connectivity index (χ0v) is 13.0. The zero-order chi connectivity index (χ0) is 16.7. The van der Waals surface area contributed by atoms with E-state index in [2.05, 4.69) is 0 Å². The molecule has 0 aliphatic heterocycles. The quantitative estimate of drug-likeness (QED) is 0.330. The van der Waals surface area contributed by atoms with Gasteiger partial charge in [0.05, 0.1) is 22.1 Å². The van der Waals surface area contributed by atoms with Crippen LogP contribution in [0.5, 0.6) is 0 Å². The lowest BCUT2D eigenvalue weighted by molar-refractivity contribution is -0.384. The Balaban J connectivity index is 2.68. The molecule has 0 spiro atoms. The molecule has 1 atom stereocenters. The van der Waals surface area contributed by atoms with Gasteiger partial charge in [0.1, 0.15) is 0 Å². The maximum Gasteiger partial charge on any atom is 0.347 e. The fourth-order valence-corrected chi connectivity index (χ4v) is 1.74.